The van der Waals surface area contributed by atoms with Crippen LogP contribution in [0.15, 0.2) is 84.4 Å². The molecule has 0 bridgehead atoms. The van der Waals surface area contributed by atoms with Gasteiger partial charge in [0.1, 0.15) is 30.4 Å². The van der Waals surface area contributed by atoms with Gasteiger partial charge in [0.05, 0.1) is 17.8 Å². The molecule has 1 aliphatic rings. The summed E-state index contributed by atoms with van der Waals surface area (Å²) in [6.07, 6.45) is 1.29. The molecule has 1 fully saturated rings. The van der Waals surface area contributed by atoms with E-state index in [1.165, 1.54) is 49.6 Å². The van der Waals surface area contributed by atoms with E-state index in [0.717, 1.165) is 10.5 Å². The van der Waals surface area contributed by atoms with E-state index in [1.807, 2.05) is 0 Å². The van der Waals surface area contributed by atoms with Crippen LogP contribution in [0.4, 0.5) is 14.9 Å². The number of imide groups is 2. The molecule has 5 rings (SSSR count). The van der Waals surface area contributed by atoms with E-state index in [-0.39, 0.29) is 46.8 Å². The first kappa shape index (κ1) is 30.9. The van der Waals surface area contributed by atoms with E-state index in [4.69, 9.17) is 49.0 Å². The number of nitrogens with one attached hydrogen (secondary N) is 1. The van der Waals surface area contributed by atoms with Crippen molar-refractivity contribution in [3.63, 3.8) is 0 Å². The molecule has 0 radical (unpaired) electrons. The number of hydrogen-bond donors (Lipinski definition) is 1. The van der Waals surface area contributed by atoms with Crippen molar-refractivity contribution in [2.24, 2.45) is 0 Å². The number of hydrogen-bond acceptors (Lipinski definition) is 6. The molecule has 1 heterocycles. The highest BCUT2D eigenvalue weighted by atomic mass is 35.5. The smallest absolute Gasteiger partial charge is 0.335 e. The van der Waals surface area contributed by atoms with Crippen molar-refractivity contribution in [2.45, 2.75) is 13.2 Å². The minimum absolute atomic E-state index is 0.0907. The number of anilines is 1. The van der Waals surface area contributed by atoms with Gasteiger partial charge in [-0.25, -0.2) is 14.1 Å². The van der Waals surface area contributed by atoms with E-state index in [0.29, 0.717) is 26.9 Å². The summed E-state index contributed by atoms with van der Waals surface area (Å²) < 4.78 is 30.2. The molecule has 224 valence electrons. The van der Waals surface area contributed by atoms with Gasteiger partial charge < -0.3 is 14.2 Å². The molecule has 1 N–H and O–H groups in total. The summed E-state index contributed by atoms with van der Waals surface area (Å²) in [5.74, 6) is -1.17. The molecule has 0 aliphatic carbocycles. The molecule has 44 heavy (non-hydrogen) atoms. The van der Waals surface area contributed by atoms with Crippen LogP contribution in [0.25, 0.3) is 6.08 Å². The number of nitrogens with zero attached hydrogens (tertiary/aromatic N) is 1. The summed E-state index contributed by atoms with van der Waals surface area (Å²) in [7, 11) is 1.41. The molecular formula is C32H22Cl3FN2O6. The molecular weight excluding hydrogens is 634 g/mol. The molecule has 0 unspecified atom stereocenters. The maximum absolute atomic E-state index is 13.4. The Hall–Kier alpha value is -4.57. The third-order valence-electron chi connectivity index (χ3n) is 6.47. The standard InChI is InChI=1S/C32H22Cl3FN2O6/c1-42-28-14-19(13-27(35)29(28)44-16-18-2-6-22(36)7-3-18)12-25-30(39)37-32(41)38(31(25)40)23-8-10-24(11-9-23)43-17-20-4-5-21(33)15-26(20)34/h2-15H,16-17H2,1H3,(H,37,39,41)/b25-12+. The topological polar surface area (TPSA) is 94.2 Å². The summed E-state index contributed by atoms with van der Waals surface area (Å²) in [4.78, 5) is 39.6. The first-order chi connectivity index (χ1) is 21.1. The van der Waals surface area contributed by atoms with Gasteiger partial charge in [-0.05, 0) is 77.9 Å². The molecule has 0 saturated carbocycles. The Morgan fingerprint density at radius 2 is 1.57 bits per heavy atom. The normalized spacial score (nSPS) is 14.1. The van der Waals surface area contributed by atoms with Crippen LogP contribution in [0.5, 0.6) is 17.2 Å². The Morgan fingerprint density at radius 3 is 2.25 bits per heavy atom. The quantitative estimate of drug-likeness (QED) is 0.147. The molecule has 1 aliphatic heterocycles. The molecule has 12 heteroatoms. The summed E-state index contributed by atoms with van der Waals surface area (Å²) in [5, 5.41) is 3.29. The molecule has 4 amide bonds. The lowest BCUT2D eigenvalue weighted by Gasteiger charge is -2.26. The fraction of sp³-hybridized carbons (Fsp3) is 0.0938. The van der Waals surface area contributed by atoms with Crippen molar-refractivity contribution >= 4 is 64.4 Å². The number of barbiturate groups is 1. The van der Waals surface area contributed by atoms with E-state index >= 15 is 0 Å². The van der Waals surface area contributed by atoms with Gasteiger partial charge in [0.2, 0.25) is 0 Å². The highest BCUT2D eigenvalue weighted by Crippen LogP contribution is 2.38. The van der Waals surface area contributed by atoms with Gasteiger partial charge >= 0.3 is 6.03 Å². The molecule has 0 atom stereocenters. The van der Waals surface area contributed by atoms with Gasteiger partial charge in [0, 0.05) is 15.6 Å². The van der Waals surface area contributed by atoms with Gasteiger partial charge in [-0.3, -0.25) is 14.9 Å². The van der Waals surface area contributed by atoms with Crippen LogP contribution in [-0.4, -0.2) is 25.0 Å². The predicted octanol–water partition coefficient (Wildman–Crippen LogP) is 7.62. The van der Waals surface area contributed by atoms with Gasteiger partial charge in [0.25, 0.3) is 11.8 Å². The highest BCUT2D eigenvalue weighted by Gasteiger charge is 2.37. The molecule has 8 nitrogen and oxygen atoms in total. The number of rotatable bonds is 9. The number of benzene rings is 4. The number of urea groups is 1. The van der Waals surface area contributed by atoms with Crippen molar-refractivity contribution in [1.82, 2.24) is 5.32 Å². The van der Waals surface area contributed by atoms with Crippen LogP contribution in [0, 0.1) is 5.82 Å². The summed E-state index contributed by atoms with van der Waals surface area (Å²) in [6, 6.07) is 19.1. The zero-order valence-electron chi connectivity index (χ0n) is 22.9. The van der Waals surface area contributed by atoms with E-state index < -0.39 is 17.8 Å². The molecule has 4 aromatic rings. The second-order valence-corrected chi connectivity index (χ2v) is 10.7. The fourth-order valence-electron chi connectivity index (χ4n) is 4.25. The fourth-order valence-corrected chi connectivity index (χ4v) is 4.99. The van der Waals surface area contributed by atoms with Crippen molar-refractivity contribution < 1.29 is 33.0 Å². The van der Waals surface area contributed by atoms with Crippen LogP contribution in [0.2, 0.25) is 15.1 Å². The summed E-state index contributed by atoms with van der Waals surface area (Å²) in [6.45, 7) is 0.259. The zero-order chi connectivity index (χ0) is 31.4. The van der Waals surface area contributed by atoms with Crippen LogP contribution in [0.3, 0.4) is 0 Å². The predicted molar refractivity (Wildman–Crippen MR) is 165 cm³/mol. The number of carbonyl (C=O) groups is 3. The Morgan fingerprint density at radius 1 is 0.841 bits per heavy atom. The van der Waals surface area contributed by atoms with Crippen molar-refractivity contribution in [1.29, 1.82) is 0 Å². The first-order valence-corrected chi connectivity index (χ1v) is 14.1. The van der Waals surface area contributed by atoms with Crippen LogP contribution in [0.1, 0.15) is 16.7 Å². The first-order valence-electron chi connectivity index (χ1n) is 13.0. The van der Waals surface area contributed by atoms with Gasteiger partial charge in [0.15, 0.2) is 11.5 Å². The summed E-state index contributed by atoms with van der Waals surface area (Å²) in [5.41, 5.74) is 1.68. The second-order valence-electron chi connectivity index (χ2n) is 9.43. The van der Waals surface area contributed by atoms with Gasteiger partial charge in [-0.1, -0.05) is 53.0 Å². The summed E-state index contributed by atoms with van der Waals surface area (Å²) >= 11 is 18.6. The number of amides is 4. The number of methoxy groups -OCH3 is 1. The number of carbonyl (C=O) groups excluding carboxylic acids is 3. The van der Waals surface area contributed by atoms with Crippen molar-refractivity contribution in [3.8, 4) is 17.2 Å². The molecule has 1 saturated heterocycles. The van der Waals surface area contributed by atoms with Gasteiger partial charge in [-0.2, -0.15) is 0 Å². The lowest BCUT2D eigenvalue weighted by atomic mass is 10.1. The third-order valence-corrected chi connectivity index (χ3v) is 7.33. The number of halogens is 4. The second kappa shape index (κ2) is 13.4. The maximum atomic E-state index is 13.4. The Bertz CT molecular complexity index is 1780. The van der Waals surface area contributed by atoms with E-state index in [9.17, 15) is 18.8 Å². The van der Waals surface area contributed by atoms with Gasteiger partial charge in [-0.15, -0.1) is 0 Å². The highest BCUT2D eigenvalue weighted by molar-refractivity contribution is 6.39. The Balaban J connectivity index is 1.33. The van der Waals surface area contributed by atoms with Crippen LogP contribution in [-0.2, 0) is 22.8 Å². The largest absolute Gasteiger partial charge is 0.493 e. The monoisotopic (exact) mass is 654 g/mol. The average molecular weight is 656 g/mol. The van der Waals surface area contributed by atoms with E-state index in [2.05, 4.69) is 5.32 Å². The third kappa shape index (κ3) is 6.97. The minimum atomic E-state index is -0.904. The average Bonchev–Trinajstić information content (AvgIpc) is 2.99. The number of ether oxygens (including phenoxy) is 3. The zero-order valence-corrected chi connectivity index (χ0v) is 25.2. The van der Waals surface area contributed by atoms with Crippen molar-refractivity contribution in [2.75, 3.05) is 12.0 Å². The Labute approximate surface area is 266 Å². The molecule has 0 aromatic heterocycles. The lowest BCUT2D eigenvalue weighted by molar-refractivity contribution is -0.122. The maximum Gasteiger partial charge on any atom is 0.335 e. The van der Waals surface area contributed by atoms with Crippen LogP contribution < -0.4 is 24.4 Å². The van der Waals surface area contributed by atoms with E-state index in [1.54, 1.807) is 42.5 Å². The molecule has 4 aromatic carbocycles. The van der Waals surface area contributed by atoms with Crippen molar-refractivity contribution in [3.05, 3.63) is 122 Å². The Kier molecular flexibility index (Phi) is 9.39. The SMILES string of the molecule is COc1cc(/C=C2\C(=O)NC(=O)N(c3ccc(OCc4ccc(Cl)cc4Cl)cc3)C2=O)cc(Cl)c1OCc1ccc(F)cc1. The minimum Gasteiger partial charge on any atom is -0.493 e. The van der Waals surface area contributed by atoms with Crippen LogP contribution >= 0.6 is 34.8 Å². The lowest BCUT2D eigenvalue weighted by Crippen LogP contribution is -2.54. The molecule has 0 spiro atoms.